The van der Waals surface area contributed by atoms with Crippen LogP contribution in [-0.4, -0.2) is 15.0 Å². The summed E-state index contributed by atoms with van der Waals surface area (Å²) in [5, 5.41) is 16.6. The monoisotopic (exact) mass is 704 g/mol. The van der Waals surface area contributed by atoms with Gasteiger partial charge >= 0.3 is 0 Å². The number of hydrogen-bond acceptors (Lipinski definition) is 4. The molecular formula is C50H32N4O. The van der Waals surface area contributed by atoms with E-state index in [4.69, 9.17) is 14.6 Å². The molecule has 258 valence electrons. The van der Waals surface area contributed by atoms with Crippen molar-refractivity contribution in [2.45, 2.75) is 0 Å². The Morgan fingerprint density at radius 2 is 1.04 bits per heavy atom. The Balaban J connectivity index is 1.10. The van der Waals surface area contributed by atoms with Gasteiger partial charge in [0.2, 0.25) is 0 Å². The molecule has 2 heterocycles. The Morgan fingerprint density at radius 3 is 1.85 bits per heavy atom. The third-order valence-corrected chi connectivity index (χ3v) is 10.6. The van der Waals surface area contributed by atoms with Gasteiger partial charge in [0, 0.05) is 22.1 Å². The summed E-state index contributed by atoms with van der Waals surface area (Å²) >= 11 is 0. The van der Waals surface area contributed by atoms with Gasteiger partial charge in [0.15, 0.2) is 0 Å². The number of hydrogen-bond donors (Lipinski definition) is 0. The maximum Gasteiger partial charge on any atom is 0.137 e. The van der Waals surface area contributed by atoms with Crippen LogP contribution in [0.2, 0.25) is 0 Å². The average molecular weight is 705 g/mol. The summed E-state index contributed by atoms with van der Waals surface area (Å²) in [6.07, 6.45) is 0. The molecule has 0 unspecified atom stereocenters. The molecule has 0 saturated heterocycles. The summed E-state index contributed by atoms with van der Waals surface area (Å²) in [6.45, 7) is 0. The van der Waals surface area contributed by atoms with Gasteiger partial charge in [0.1, 0.15) is 22.2 Å². The lowest BCUT2D eigenvalue weighted by molar-refractivity contribution is 0.669. The molecule has 11 rings (SSSR count). The highest BCUT2D eigenvalue weighted by atomic mass is 16.3. The van der Waals surface area contributed by atoms with Gasteiger partial charge in [0.25, 0.3) is 0 Å². The number of furan rings is 1. The van der Waals surface area contributed by atoms with Crippen molar-refractivity contribution in [1.82, 2.24) is 15.0 Å². The van der Waals surface area contributed by atoms with Gasteiger partial charge in [0.05, 0.1) is 16.8 Å². The van der Waals surface area contributed by atoms with Crippen LogP contribution in [0.15, 0.2) is 199 Å². The van der Waals surface area contributed by atoms with Crippen LogP contribution < -0.4 is 4.90 Å². The van der Waals surface area contributed by atoms with Crippen LogP contribution in [0.5, 0.6) is 0 Å². The van der Waals surface area contributed by atoms with Gasteiger partial charge in [-0.25, -0.2) is 0 Å². The smallest absolute Gasteiger partial charge is 0.137 e. The second-order valence-electron chi connectivity index (χ2n) is 13.9. The predicted molar refractivity (Wildman–Crippen MR) is 227 cm³/mol. The number of fused-ring (bicyclic) bond motifs is 8. The fourth-order valence-electron chi connectivity index (χ4n) is 8.02. The van der Waals surface area contributed by atoms with Crippen LogP contribution in [0.3, 0.4) is 0 Å². The molecule has 0 saturated carbocycles. The molecule has 5 nitrogen and oxygen atoms in total. The van der Waals surface area contributed by atoms with Gasteiger partial charge < -0.3 is 9.32 Å². The highest BCUT2D eigenvalue weighted by Crippen LogP contribution is 2.44. The zero-order valence-corrected chi connectivity index (χ0v) is 29.7. The largest absolute Gasteiger partial charge is 0.456 e. The van der Waals surface area contributed by atoms with E-state index in [9.17, 15) is 0 Å². The van der Waals surface area contributed by atoms with E-state index in [1.165, 1.54) is 5.56 Å². The maximum atomic E-state index is 6.40. The van der Waals surface area contributed by atoms with Crippen molar-refractivity contribution >= 4 is 71.6 Å². The minimum Gasteiger partial charge on any atom is -0.456 e. The summed E-state index contributed by atoms with van der Waals surface area (Å²) in [4.78, 5) is 4.10. The molecule has 0 aliphatic rings. The lowest BCUT2D eigenvalue weighted by Crippen LogP contribution is -2.10. The molecule has 0 aliphatic carbocycles. The Morgan fingerprint density at radius 1 is 0.418 bits per heavy atom. The minimum absolute atomic E-state index is 0.857. The molecule has 9 aromatic carbocycles. The number of para-hydroxylation sites is 2. The molecule has 0 bridgehead atoms. The third kappa shape index (κ3) is 5.24. The first-order chi connectivity index (χ1) is 27.2. The summed E-state index contributed by atoms with van der Waals surface area (Å²) in [5.74, 6) is 0. The van der Waals surface area contributed by atoms with Gasteiger partial charge in [-0.3, -0.25) is 0 Å². The third-order valence-electron chi connectivity index (χ3n) is 10.6. The second kappa shape index (κ2) is 12.6. The van der Waals surface area contributed by atoms with Crippen LogP contribution in [0, 0.1) is 0 Å². The molecule has 55 heavy (non-hydrogen) atoms. The molecule has 0 N–H and O–H groups in total. The van der Waals surface area contributed by atoms with E-state index >= 15 is 0 Å². The first-order valence-electron chi connectivity index (χ1n) is 18.5. The fraction of sp³-hybridized carbons (Fsp3) is 0. The van der Waals surface area contributed by atoms with Gasteiger partial charge in [-0.2, -0.15) is 4.80 Å². The minimum atomic E-state index is 0.857. The van der Waals surface area contributed by atoms with E-state index in [1.54, 1.807) is 4.80 Å². The average Bonchev–Trinajstić information content (AvgIpc) is 3.87. The number of benzene rings is 9. The van der Waals surface area contributed by atoms with Crippen LogP contribution in [-0.2, 0) is 0 Å². The zero-order chi connectivity index (χ0) is 36.3. The molecule has 0 spiro atoms. The normalized spacial score (nSPS) is 11.6. The summed E-state index contributed by atoms with van der Waals surface area (Å²) in [7, 11) is 0. The number of nitrogens with zero attached hydrogens (tertiary/aromatic N) is 4. The molecule has 2 aromatic heterocycles. The Kier molecular flexibility index (Phi) is 7.10. The Bertz CT molecular complexity index is 3220. The first-order valence-corrected chi connectivity index (χ1v) is 18.5. The predicted octanol–water partition coefficient (Wildman–Crippen LogP) is 13.4. The lowest BCUT2D eigenvalue weighted by atomic mass is 9.96. The van der Waals surface area contributed by atoms with E-state index < -0.39 is 0 Å². The van der Waals surface area contributed by atoms with Crippen molar-refractivity contribution in [2.75, 3.05) is 4.90 Å². The molecule has 0 amide bonds. The van der Waals surface area contributed by atoms with Crippen molar-refractivity contribution in [3.63, 3.8) is 0 Å². The summed E-state index contributed by atoms with van der Waals surface area (Å²) < 4.78 is 6.40. The van der Waals surface area contributed by atoms with E-state index in [2.05, 4.69) is 157 Å². The zero-order valence-electron chi connectivity index (χ0n) is 29.7. The number of anilines is 3. The maximum absolute atomic E-state index is 6.40. The van der Waals surface area contributed by atoms with Gasteiger partial charge in [-0.05, 0) is 105 Å². The lowest BCUT2D eigenvalue weighted by Gasteiger charge is -2.27. The van der Waals surface area contributed by atoms with Crippen molar-refractivity contribution in [3.8, 4) is 27.9 Å². The SMILES string of the molecule is c1ccc(-c2cccc(N(c3cccc(-c4ccc5ccc6ccc7nn(-c8ccccc8)nc7c6c5c4)c3)c3cccc4oc5ccccc5c34)c2)cc1. The van der Waals surface area contributed by atoms with Crippen LogP contribution in [0.25, 0.3) is 82.5 Å². The fourth-order valence-corrected chi connectivity index (χ4v) is 8.02. The molecule has 0 aliphatic heterocycles. The second-order valence-corrected chi connectivity index (χ2v) is 13.9. The van der Waals surface area contributed by atoms with Crippen molar-refractivity contribution < 1.29 is 4.42 Å². The molecule has 0 atom stereocenters. The van der Waals surface area contributed by atoms with Gasteiger partial charge in [-0.15, -0.1) is 10.2 Å². The number of aromatic nitrogens is 3. The molecule has 11 aromatic rings. The molecule has 0 radical (unpaired) electrons. The van der Waals surface area contributed by atoms with E-state index in [-0.39, 0.29) is 0 Å². The van der Waals surface area contributed by atoms with Crippen molar-refractivity contribution in [3.05, 3.63) is 194 Å². The molecular weight excluding hydrogens is 673 g/mol. The molecule has 0 fully saturated rings. The van der Waals surface area contributed by atoms with Crippen LogP contribution in [0.1, 0.15) is 0 Å². The quantitative estimate of drug-likeness (QED) is 0.162. The Hall–Kier alpha value is -7.50. The topological polar surface area (TPSA) is 47.1 Å². The van der Waals surface area contributed by atoms with Crippen molar-refractivity contribution in [1.29, 1.82) is 0 Å². The van der Waals surface area contributed by atoms with E-state index in [0.717, 1.165) is 94.0 Å². The highest BCUT2D eigenvalue weighted by molar-refractivity contribution is 6.19. The van der Waals surface area contributed by atoms with E-state index in [1.807, 2.05) is 42.5 Å². The molecule has 5 heteroatoms. The summed E-state index contributed by atoms with van der Waals surface area (Å²) in [6, 6.07) is 68.2. The van der Waals surface area contributed by atoms with Crippen LogP contribution >= 0.6 is 0 Å². The van der Waals surface area contributed by atoms with Crippen LogP contribution in [0.4, 0.5) is 17.1 Å². The van der Waals surface area contributed by atoms with Crippen molar-refractivity contribution in [2.24, 2.45) is 0 Å². The van der Waals surface area contributed by atoms with Gasteiger partial charge in [-0.1, -0.05) is 127 Å². The Labute approximate surface area is 316 Å². The number of rotatable bonds is 6. The highest BCUT2D eigenvalue weighted by Gasteiger charge is 2.20. The summed E-state index contributed by atoms with van der Waals surface area (Å²) in [5.41, 5.74) is 12.1. The van der Waals surface area contributed by atoms with E-state index in [0.29, 0.717) is 0 Å². The standard InChI is InChI=1S/C50H32N4O/c1-3-12-33(13-4-1)36-14-9-18-40(30-36)53(45-21-11-23-47-49(45)42-20-7-8-22-46(42)55-47)41-19-10-15-37(31-41)38-27-25-34-24-26-35-28-29-44-50(48(35)43(34)32-38)52-54(51-44)39-16-5-2-6-17-39/h1-32H. The first kappa shape index (κ1) is 31.1.